The van der Waals surface area contributed by atoms with Crippen molar-refractivity contribution in [2.45, 2.75) is 39.3 Å². The molecule has 1 aromatic carbocycles. The molecule has 0 saturated heterocycles. The molecule has 6 heteroatoms. The van der Waals surface area contributed by atoms with Crippen LogP contribution in [0.25, 0.3) is 0 Å². The molecular weight excluding hydrogens is 335 g/mol. The third kappa shape index (κ3) is 4.12. The van der Waals surface area contributed by atoms with Gasteiger partial charge in [0, 0.05) is 12.1 Å². The summed E-state index contributed by atoms with van der Waals surface area (Å²) >= 11 is 0. The standard InChI is InChI=1S/C20H24FN2O3/c1-20(2,3)26-19(24)23-12-11-17-14(13-23)5-10-18(22(17)4)25-16-8-6-15(21)7-9-16/h5-10H,11-13H2,1-4H3/q+1. The van der Waals surface area contributed by atoms with E-state index in [1.807, 2.05) is 44.5 Å². The zero-order chi connectivity index (χ0) is 18.9. The van der Waals surface area contributed by atoms with E-state index < -0.39 is 5.60 Å². The SMILES string of the molecule is C[n+]1c(Oc2ccc(F)cc2)ccc2c1CCN(C(=O)OC(C)(C)C)C2. The van der Waals surface area contributed by atoms with Gasteiger partial charge in [0.15, 0.2) is 5.69 Å². The fourth-order valence-corrected chi connectivity index (χ4v) is 2.93. The van der Waals surface area contributed by atoms with E-state index in [2.05, 4.69) is 0 Å². The third-order valence-electron chi connectivity index (χ3n) is 4.20. The number of carbonyl (C=O) groups is 1. The number of hydrogen-bond donors (Lipinski definition) is 0. The smallest absolute Gasteiger partial charge is 0.410 e. The maximum Gasteiger partial charge on any atom is 0.410 e. The molecule has 0 unspecified atom stereocenters. The summed E-state index contributed by atoms with van der Waals surface area (Å²) in [7, 11) is 1.93. The first-order valence-electron chi connectivity index (χ1n) is 8.65. The van der Waals surface area contributed by atoms with Gasteiger partial charge in [0.1, 0.15) is 24.2 Å². The van der Waals surface area contributed by atoms with E-state index in [-0.39, 0.29) is 11.9 Å². The van der Waals surface area contributed by atoms with Gasteiger partial charge in [0.05, 0.1) is 19.0 Å². The number of pyridine rings is 1. The molecule has 1 aromatic heterocycles. The van der Waals surface area contributed by atoms with Gasteiger partial charge in [-0.2, -0.15) is 4.57 Å². The average molecular weight is 359 g/mol. The molecule has 2 aromatic rings. The minimum Gasteiger partial charge on any atom is -0.444 e. The summed E-state index contributed by atoms with van der Waals surface area (Å²) in [6, 6.07) is 9.75. The van der Waals surface area contributed by atoms with E-state index in [9.17, 15) is 9.18 Å². The summed E-state index contributed by atoms with van der Waals surface area (Å²) in [6.07, 6.45) is 0.420. The number of benzene rings is 1. The van der Waals surface area contributed by atoms with Crippen LogP contribution in [0.1, 0.15) is 32.0 Å². The summed E-state index contributed by atoms with van der Waals surface area (Å²) in [5.41, 5.74) is 1.68. The van der Waals surface area contributed by atoms with Crippen LogP contribution in [0.2, 0.25) is 0 Å². The summed E-state index contributed by atoms with van der Waals surface area (Å²) in [5.74, 6) is 0.948. The Morgan fingerprint density at radius 2 is 1.85 bits per heavy atom. The predicted octanol–water partition coefficient (Wildman–Crippen LogP) is 3.74. The maximum atomic E-state index is 13.0. The highest BCUT2D eigenvalue weighted by atomic mass is 19.1. The molecule has 0 spiro atoms. The fraction of sp³-hybridized carbons (Fsp3) is 0.400. The monoisotopic (exact) mass is 359 g/mol. The molecule has 5 nitrogen and oxygen atoms in total. The van der Waals surface area contributed by atoms with Gasteiger partial charge in [-0.1, -0.05) is 0 Å². The zero-order valence-corrected chi connectivity index (χ0v) is 15.6. The number of nitrogens with zero attached hydrogens (tertiary/aromatic N) is 2. The fourth-order valence-electron chi connectivity index (χ4n) is 2.93. The lowest BCUT2D eigenvalue weighted by molar-refractivity contribution is -0.684. The molecule has 26 heavy (non-hydrogen) atoms. The molecular formula is C20H24FN2O3+. The van der Waals surface area contributed by atoms with Gasteiger partial charge >= 0.3 is 12.0 Å². The van der Waals surface area contributed by atoms with Crippen molar-refractivity contribution < 1.29 is 23.2 Å². The number of hydrogen-bond acceptors (Lipinski definition) is 3. The van der Waals surface area contributed by atoms with Crippen molar-refractivity contribution in [1.82, 2.24) is 4.90 Å². The minimum atomic E-state index is -0.505. The lowest BCUT2D eigenvalue weighted by atomic mass is 10.1. The Balaban J connectivity index is 1.76. The van der Waals surface area contributed by atoms with Gasteiger partial charge in [-0.05, 0) is 51.1 Å². The summed E-state index contributed by atoms with van der Waals surface area (Å²) in [4.78, 5) is 14.0. The topological polar surface area (TPSA) is 42.7 Å². The second-order valence-electron chi connectivity index (χ2n) is 7.41. The molecule has 0 aliphatic carbocycles. The first-order valence-corrected chi connectivity index (χ1v) is 8.65. The van der Waals surface area contributed by atoms with Gasteiger partial charge in [-0.3, -0.25) is 0 Å². The highest BCUT2D eigenvalue weighted by Crippen LogP contribution is 2.23. The number of halogens is 1. The quantitative estimate of drug-likeness (QED) is 0.767. The van der Waals surface area contributed by atoms with Gasteiger partial charge in [0.2, 0.25) is 0 Å². The van der Waals surface area contributed by atoms with Crippen LogP contribution in [0, 0.1) is 5.82 Å². The summed E-state index contributed by atoms with van der Waals surface area (Å²) in [5, 5.41) is 0. The first-order chi connectivity index (χ1) is 12.2. The van der Waals surface area contributed by atoms with Crippen molar-refractivity contribution in [1.29, 1.82) is 0 Å². The molecule has 2 heterocycles. The van der Waals surface area contributed by atoms with Gasteiger partial charge in [-0.15, -0.1) is 0 Å². The average Bonchev–Trinajstić information content (AvgIpc) is 2.57. The summed E-state index contributed by atoms with van der Waals surface area (Å²) < 4.78 is 26.3. The lowest BCUT2D eigenvalue weighted by Crippen LogP contribution is -2.45. The molecule has 1 amide bonds. The maximum absolute atomic E-state index is 13.0. The summed E-state index contributed by atoms with van der Waals surface area (Å²) in [6.45, 7) is 6.69. The number of carbonyl (C=O) groups excluding carboxylic acids is 1. The van der Waals surface area contributed by atoms with Crippen LogP contribution in [-0.2, 0) is 24.8 Å². The molecule has 0 saturated carbocycles. The molecule has 0 N–H and O–H groups in total. The minimum absolute atomic E-state index is 0.294. The molecule has 138 valence electrons. The van der Waals surface area contributed by atoms with Crippen molar-refractivity contribution in [3.63, 3.8) is 0 Å². The van der Waals surface area contributed by atoms with Crippen LogP contribution in [0.3, 0.4) is 0 Å². The number of fused-ring (bicyclic) bond motifs is 1. The molecule has 3 rings (SSSR count). The predicted molar refractivity (Wildman–Crippen MR) is 94.4 cm³/mol. The molecule has 0 atom stereocenters. The van der Waals surface area contributed by atoms with E-state index >= 15 is 0 Å². The Bertz CT molecular complexity index is 813. The third-order valence-corrected chi connectivity index (χ3v) is 4.20. The van der Waals surface area contributed by atoms with Gasteiger partial charge in [-0.25, -0.2) is 9.18 Å². The lowest BCUT2D eigenvalue weighted by Gasteiger charge is -2.30. The van der Waals surface area contributed by atoms with E-state index in [1.165, 1.54) is 12.1 Å². The van der Waals surface area contributed by atoms with Crippen molar-refractivity contribution in [2.24, 2.45) is 7.05 Å². The van der Waals surface area contributed by atoms with Gasteiger partial charge < -0.3 is 14.4 Å². The number of amides is 1. The Labute approximate surface area is 153 Å². The Kier molecular flexibility index (Phi) is 4.85. The van der Waals surface area contributed by atoms with E-state index in [0.717, 1.165) is 11.3 Å². The van der Waals surface area contributed by atoms with Crippen molar-refractivity contribution in [2.75, 3.05) is 6.54 Å². The van der Waals surface area contributed by atoms with Crippen LogP contribution in [0.15, 0.2) is 36.4 Å². The molecule has 1 aliphatic rings. The van der Waals surface area contributed by atoms with Crippen LogP contribution in [0.4, 0.5) is 9.18 Å². The first kappa shape index (κ1) is 18.2. The molecule has 0 bridgehead atoms. The highest BCUT2D eigenvalue weighted by Gasteiger charge is 2.30. The molecule has 0 radical (unpaired) electrons. The van der Waals surface area contributed by atoms with Crippen LogP contribution >= 0.6 is 0 Å². The number of rotatable bonds is 2. The van der Waals surface area contributed by atoms with E-state index in [0.29, 0.717) is 31.1 Å². The van der Waals surface area contributed by atoms with E-state index in [4.69, 9.17) is 9.47 Å². The van der Waals surface area contributed by atoms with Crippen LogP contribution in [0.5, 0.6) is 11.6 Å². The van der Waals surface area contributed by atoms with Crippen LogP contribution < -0.4 is 9.30 Å². The Morgan fingerprint density at radius 1 is 1.15 bits per heavy atom. The zero-order valence-electron chi connectivity index (χ0n) is 15.6. The molecule has 0 fully saturated rings. The highest BCUT2D eigenvalue weighted by molar-refractivity contribution is 5.68. The second kappa shape index (κ2) is 6.94. The number of ether oxygens (including phenoxy) is 2. The van der Waals surface area contributed by atoms with Crippen molar-refractivity contribution in [3.8, 4) is 11.6 Å². The second-order valence-corrected chi connectivity index (χ2v) is 7.41. The van der Waals surface area contributed by atoms with Crippen LogP contribution in [-0.4, -0.2) is 23.1 Å². The largest absolute Gasteiger partial charge is 0.444 e. The normalized spacial score (nSPS) is 14.0. The Hall–Kier alpha value is -2.63. The Morgan fingerprint density at radius 3 is 2.50 bits per heavy atom. The van der Waals surface area contributed by atoms with E-state index in [1.54, 1.807) is 17.0 Å². The van der Waals surface area contributed by atoms with Gasteiger partial charge in [0.25, 0.3) is 0 Å². The molecule has 1 aliphatic heterocycles. The van der Waals surface area contributed by atoms with Crippen molar-refractivity contribution >= 4 is 6.09 Å². The number of aromatic nitrogens is 1. The van der Waals surface area contributed by atoms with Crippen molar-refractivity contribution in [3.05, 3.63) is 53.5 Å².